The zero-order chi connectivity index (χ0) is 12.6. The van der Waals surface area contributed by atoms with E-state index >= 15 is 0 Å². The highest BCUT2D eigenvalue weighted by Gasteiger charge is 2.48. The molecule has 5 nitrogen and oxygen atoms in total. The summed E-state index contributed by atoms with van der Waals surface area (Å²) in [4.78, 5) is 16.3. The number of aromatic nitrogens is 2. The predicted molar refractivity (Wildman–Crippen MR) is 55.1 cm³/mol. The molecule has 0 spiro atoms. The highest BCUT2D eigenvalue weighted by molar-refractivity contribution is 7.86. The number of imidazole rings is 1. The van der Waals surface area contributed by atoms with E-state index in [1.807, 2.05) is 0 Å². The number of carboxylic acids is 1. The lowest BCUT2D eigenvalue weighted by Gasteiger charge is -2.07. The van der Waals surface area contributed by atoms with Crippen molar-refractivity contribution >= 4 is 27.8 Å². The van der Waals surface area contributed by atoms with E-state index in [-0.39, 0.29) is 0 Å². The van der Waals surface area contributed by atoms with Crippen molar-refractivity contribution in [3.8, 4) is 0 Å². The van der Waals surface area contributed by atoms with Crippen LogP contribution in [0.5, 0.6) is 0 Å². The number of fused-ring (bicyclic) bond motifs is 1. The zero-order valence-electron chi connectivity index (χ0n) is 8.18. The maximum Gasteiger partial charge on any atom is 0.422 e. The topological polar surface area (TPSA) is 83.0 Å². The van der Waals surface area contributed by atoms with Gasteiger partial charge < -0.3 is 10.1 Å². The summed E-state index contributed by atoms with van der Waals surface area (Å²) in [5.74, 6) is -2.45. The van der Waals surface area contributed by atoms with E-state index in [2.05, 4.69) is 9.97 Å². The van der Waals surface area contributed by atoms with E-state index in [9.17, 15) is 17.8 Å². The van der Waals surface area contributed by atoms with Gasteiger partial charge in [-0.25, -0.2) is 14.0 Å². The monoisotopic (exact) mass is 260 g/mol. The van der Waals surface area contributed by atoms with E-state index in [1.54, 1.807) is 18.2 Å². The first kappa shape index (κ1) is 11.6. The van der Waals surface area contributed by atoms with Crippen LogP contribution in [-0.2, 0) is 15.6 Å². The maximum atomic E-state index is 13.0. The summed E-state index contributed by atoms with van der Waals surface area (Å²) in [5, 5.41) is 3.34. The van der Waals surface area contributed by atoms with Crippen molar-refractivity contribution in [2.24, 2.45) is 0 Å². The Labute approximate surface area is 95.9 Å². The summed E-state index contributed by atoms with van der Waals surface area (Å²) in [5.41, 5.74) is 0.758. The number of halogens is 2. The quantitative estimate of drug-likeness (QED) is 0.872. The van der Waals surface area contributed by atoms with E-state index in [0.29, 0.717) is 11.0 Å². The van der Waals surface area contributed by atoms with Crippen LogP contribution in [0.4, 0.5) is 8.78 Å². The van der Waals surface area contributed by atoms with Gasteiger partial charge in [0.15, 0.2) is 10.8 Å². The van der Waals surface area contributed by atoms with Crippen molar-refractivity contribution in [3.63, 3.8) is 0 Å². The molecule has 8 heteroatoms. The Bertz CT molecular complexity index is 578. The summed E-state index contributed by atoms with van der Waals surface area (Å²) in [7, 11) is -3.06. The predicted octanol–water partition coefficient (Wildman–Crippen LogP) is 1.35. The second kappa shape index (κ2) is 3.88. The lowest BCUT2D eigenvalue weighted by Crippen LogP contribution is -2.33. The molecule has 2 rings (SSSR count). The fraction of sp³-hybridized carbons (Fsp3) is 0.111. The Morgan fingerprint density at radius 3 is 2.65 bits per heavy atom. The van der Waals surface area contributed by atoms with Gasteiger partial charge in [-0.15, -0.1) is 0 Å². The Morgan fingerprint density at radius 2 is 2.06 bits per heavy atom. The van der Waals surface area contributed by atoms with Gasteiger partial charge in [-0.2, -0.15) is 8.78 Å². The number of carbonyl (C=O) groups is 1. The van der Waals surface area contributed by atoms with Crippen molar-refractivity contribution in [3.05, 3.63) is 24.3 Å². The van der Waals surface area contributed by atoms with Gasteiger partial charge in [0.1, 0.15) is 0 Å². The molecular formula is C9H6F2N2O3S. The van der Waals surface area contributed by atoms with Gasteiger partial charge in [0.2, 0.25) is 5.16 Å². The van der Waals surface area contributed by atoms with Crippen LogP contribution < -0.4 is 0 Å². The normalized spacial score (nSPS) is 13.8. The average Bonchev–Trinajstić information content (AvgIpc) is 2.70. The SMILES string of the molecule is O=C(O)C(F)(F)S(=O)c1nc2ccccc2[nH]1. The molecule has 0 saturated heterocycles. The van der Waals surface area contributed by atoms with Crippen molar-refractivity contribution in [2.45, 2.75) is 10.4 Å². The first-order valence-electron chi connectivity index (χ1n) is 4.41. The highest BCUT2D eigenvalue weighted by atomic mass is 32.2. The van der Waals surface area contributed by atoms with Gasteiger partial charge in [-0.3, -0.25) is 0 Å². The standard InChI is InChI=1S/C9H6F2N2O3S/c10-9(11,7(14)15)17(16)8-12-5-3-1-2-4-6(5)13-8/h1-4H,(H,12,13)(H,14,15). The van der Waals surface area contributed by atoms with Crippen LogP contribution >= 0.6 is 0 Å². The molecule has 1 atom stereocenters. The summed E-state index contributed by atoms with van der Waals surface area (Å²) in [6, 6.07) is 6.36. The van der Waals surface area contributed by atoms with Crippen LogP contribution in [0, 0.1) is 0 Å². The Morgan fingerprint density at radius 1 is 1.41 bits per heavy atom. The van der Waals surface area contributed by atoms with Gasteiger partial charge in [-0.1, -0.05) is 12.1 Å². The molecule has 1 aromatic carbocycles. The van der Waals surface area contributed by atoms with Gasteiger partial charge >= 0.3 is 11.2 Å². The van der Waals surface area contributed by atoms with Crippen LogP contribution in [0.1, 0.15) is 0 Å². The molecule has 2 N–H and O–H groups in total. The molecule has 0 aliphatic carbocycles. The number of aliphatic carboxylic acids is 1. The number of rotatable bonds is 3. The molecule has 1 heterocycles. The number of para-hydroxylation sites is 2. The van der Waals surface area contributed by atoms with Crippen LogP contribution in [0.25, 0.3) is 11.0 Å². The summed E-state index contributed by atoms with van der Waals surface area (Å²) >= 11 is 0. The van der Waals surface area contributed by atoms with Crippen molar-refractivity contribution in [1.29, 1.82) is 0 Å². The summed E-state index contributed by atoms with van der Waals surface area (Å²) < 4.78 is 37.4. The number of aromatic amines is 1. The van der Waals surface area contributed by atoms with Crippen LogP contribution in [-0.4, -0.2) is 30.5 Å². The number of benzene rings is 1. The van der Waals surface area contributed by atoms with Gasteiger partial charge in [0.25, 0.3) is 0 Å². The van der Waals surface area contributed by atoms with E-state index in [1.165, 1.54) is 6.07 Å². The molecule has 1 unspecified atom stereocenters. The molecule has 1 aromatic heterocycles. The van der Waals surface area contributed by atoms with Crippen LogP contribution in [0.2, 0.25) is 0 Å². The van der Waals surface area contributed by atoms with Crippen LogP contribution in [0.3, 0.4) is 0 Å². The molecule has 0 radical (unpaired) electrons. The molecule has 17 heavy (non-hydrogen) atoms. The molecule has 0 amide bonds. The maximum absolute atomic E-state index is 13.0. The Balaban J connectivity index is 2.47. The minimum absolute atomic E-state index is 0.344. The largest absolute Gasteiger partial charge is 0.476 e. The number of nitrogens with zero attached hydrogens (tertiary/aromatic N) is 1. The zero-order valence-corrected chi connectivity index (χ0v) is 9.00. The van der Waals surface area contributed by atoms with E-state index in [4.69, 9.17) is 5.11 Å². The first-order valence-corrected chi connectivity index (χ1v) is 5.56. The lowest BCUT2D eigenvalue weighted by atomic mass is 10.3. The fourth-order valence-corrected chi connectivity index (χ4v) is 2.00. The van der Waals surface area contributed by atoms with Crippen molar-refractivity contribution in [1.82, 2.24) is 9.97 Å². The third-order valence-corrected chi connectivity index (χ3v) is 3.21. The first-order chi connectivity index (χ1) is 7.93. The number of carboxylic acid groups (broad SMARTS) is 1. The Kier molecular flexibility index (Phi) is 2.66. The highest BCUT2D eigenvalue weighted by Crippen LogP contribution is 2.25. The summed E-state index contributed by atoms with van der Waals surface area (Å²) in [6.07, 6.45) is 0. The lowest BCUT2D eigenvalue weighted by molar-refractivity contribution is -0.153. The Hall–Kier alpha value is -1.83. The molecule has 0 aliphatic rings. The summed E-state index contributed by atoms with van der Waals surface area (Å²) in [6.45, 7) is 0. The van der Waals surface area contributed by atoms with Gasteiger partial charge in [-0.05, 0) is 12.1 Å². The van der Waals surface area contributed by atoms with Gasteiger partial charge in [0.05, 0.1) is 11.0 Å². The van der Waals surface area contributed by atoms with Gasteiger partial charge in [0, 0.05) is 0 Å². The van der Waals surface area contributed by atoms with Crippen molar-refractivity contribution < 1.29 is 22.9 Å². The number of nitrogens with one attached hydrogen (secondary N) is 1. The second-order valence-corrected chi connectivity index (χ2v) is 4.59. The molecule has 2 aromatic rings. The number of hydrogen-bond donors (Lipinski definition) is 2. The number of hydrogen-bond acceptors (Lipinski definition) is 3. The number of H-pyrrole nitrogens is 1. The molecule has 0 bridgehead atoms. The van der Waals surface area contributed by atoms with E-state index in [0.717, 1.165) is 0 Å². The third-order valence-electron chi connectivity index (χ3n) is 2.03. The van der Waals surface area contributed by atoms with E-state index < -0.39 is 27.2 Å². The van der Waals surface area contributed by atoms with Crippen LogP contribution in [0.15, 0.2) is 29.4 Å². The molecule has 0 aliphatic heterocycles. The minimum Gasteiger partial charge on any atom is -0.476 e. The smallest absolute Gasteiger partial charge is 0.422 e. The molecule has 0 fully saturated rings. The third kappa shape index (κ3) is 1.91. The fourth-order valence-electron chi connectivity index (χ4n) is 1.22. The number of alkyl halides is 2. The average molecular weight is 260 g/mol. The minimum atomic E-state index is -4.37. The second-order valence-electron chi connectivity index (χ2n) is 3.15. The van der Waals surface area contributed by atoms with Crippen molar-refractivity contribution in [2.75, 3.05) is 0 Å². The molecular weight excluding hydrogens is 254 g/mol. The molecule has 90 valence electrons. The molecule has 0 saturated carbocycles.